The van der Waals surface area contributed by atoms with Crippen LogP contribution in [0.1, 0.15) is 39.0 Å². The van der Waals surface area contributed by atoms with Crippen molar-refractivity contribution in [1.29, 1.82) is 0 Å². The van der Waals surface area contributed by atoms with E-state index in [1.807, 2.05) is 0 Å². The number of halogens is 1. The van der Waals surface area contributed by atoms with Gasteiger partial charge in [0.05, 0.1) is 6.54 Å². The third kappa shape index (κ3) is 4.97. The summed E-state index contributed by atoms with van der Waals surface area (Å²) in [7, 11) is 0. The maximum atomic E-state index is 11.7. The number of nitrogens with one attached hydrogen (secondary N) is 2. The monoisotopic (exact) mass is 449 g/mol. The number of carbonyl (C=O) groups excluding carboxylic acids is 1. The Bertz CT molecular complexity index is 452. The molecule has 0 aromatic rings. The average Bonchev–Trinajstić information content (AvgIpc) is 3.17. The van der Waals surface area contributed by atoms with Crippen molar-refractivity contribution in [2.24, 2.45) is 10.4 Å². The van der Waals surface area contributed by atoms with Gasteiger partial charge in [-0.3, -0.25) is 9.79 Å². The molecule has 0 aromatic heterocycles. The summed E-state index contributed by atoms with van der Waals surface area (Å²) >= 11 is 0. The van der Waals surface area contributed by atoms with E-state index in [9.17, 15) is 4.79 Å². The van der Waals surface area contributed by atoms with E-state index in [2.05, 4.69) is 27.4 Å². The van der Waals surface area contributed by atoms with Gasteiger partial charge in [0.15, 0.2) is 5.96 Å². The Hall–Kier alpha value is -0.570. The predicted octanol–water partition coefficient (Wildman–Crippen LogP) is 1.27. The largest absolute Gasteiger partial charge is 0.357 e. The van der Waals surface area contributed by atoms with Crippen LogP contribution in [-0.2, 0) is 4.79 Å². The fraction of sp³-hybridized carbons (Fsp3) is 0.882. The summed E-state index contributed by atoms with van der Waals surface area (Å²) in [4.78, 5) is 21.4. The first kappa shape index (κ1) is 19.8. The third-order valence-corrected chi connectivity index (χ3v) is 5.37. The number of nitrogens with zero attached hydrogens (tertiary/aromatic N) is 3. The molecule has 0 bridgehead atoms. The first-order valence-corrected chi connectivity index (χ1v) is 9.23. The van der Waals surface area contributed by atoms with Crippen molar-refractivity contribution in [3.05, 3.63) is 0 Å². The third-order valence-electron chi connectivity index (χ3n) is 5.37. The van der Waals surface area contributed by atoms with E-state index in [1.54, 1.807) is 0 Å². The van der Waals surface area contributed by atoms with Crippen molar-refractivity contribution >= 4 is 35.8 Å². The van der Waals surface area contributed by atoms with Gasteiger partial charge in [0, 0.05) is 44.6 Å². The summed E-state index contributed by atoms with van der Waals surface area (Å²) in [5, 5.41) is 6.47. The standard InChI is InChI=1S/C17H31N5O.HI/c1-2-18-16(19-7-11-21-8-3-4-9-21)22-10-5-6-17(14-22)12-15(23)20-13-17;/h2-14H2,1H3,(H,18,19)(H,20,23);1H. The second-order valence-electron chi connectivity index (χ2n) is 7.26. The predicted molar refractivity (Wildman–Crippen MR) is 108 cm³/mol. The number of guanidine groups is 1. The molecule has 3 heterocycles. The topological polar surface area (TPSA) is 60.0 Å². The molecule has 1 atom stereocenters. The van der Waals surface area contributed by atoms with Crippen molar-refractivity contribution in [1.82, 2.24) is 20.4 Å². The van der Waals surface area contributed by atoms with E-state index in [4.69, 9.17) is 4.99 Å². The fourth-order valence-corrected chi connectivity index (χ4v) is 4.16. The molecule has 0 aliphatic carbocycles. The number of likely N-dealkylation sites (tertiary alicyclic amines) is 2. The number of hydrogen-bond donors (Lipinski definition) is 2. The highest BCUT2D eigenvalue weighted by Crippen LogP contribution is 2.35. The lowest BCUT2D eigenvalue weighted by molar-refractivity contribution is -0.119. The van der Waals surface area contributed by atoms with Crippen LogP contribution in [0.15, 0.2) is 4.99 Å². The summed E-state index contributed by atoms with van der Waals surface area (Å²) in [6, 6.07) is 0. The molecule has 1 spiro atoms. The van der Waals surface area contributed by atoms with Gasteiger partial charge >= 0.3 is 0 Å². The molecule has 3 saturated heterocycles. The fourth-order valence-electron chi connectivity index (χ4n) is 4.16. The normalized spacial score (nSPS) is 28.1. The highest BCUT2D eigenvalue weighted by Gasteiger charge is 2.42. The molecule has 1 amide bonds. The summed E-state index contributed by atoms with van der Waals surface area (Å²) in [6.07, 6.45) is 5.64. The van der Waals surface area contributed by atoms with Crippen LogP contribution in [0.3, 0.4) is 0 Å². The van der Waals surface area contributed by atoms with Crippen molar-refractivity contribution in [3.8, 4) is 0 Å². The first-order valence-electron chi connectivity index (χ1n) is 9.23. The molecule has 2 N–H and O–H groups in total. The van der Waals surface area contributed by atoms with E-state index >= 15 is 0 Å². The lowest BCUT2D eigenvalue weighted by atomic mass is 9.79. The molecule has 24 heavy (non-hydrogen) atoms. The van der Waals surface area contributed by atoms with Gasteiger partial charge in [-0.1, -0.05) is 0 Å². The highest BCUT2D eigenvalue weighted by molar-refractivity contribution is 14.0. The quantitative estimate of drug-likeness (QED) is 0.386. The minimum Gasteiger partial charge on any atom is -0.357 e. The second kappa shape index (κ2) is 9.22. The molecule has 138 valence electrons. The molecule has 6 nitrogen and oxygen atoms in total. The molecule has 3 fully saturated rings. The zero-order valence-electron chi connectivity index (χ0n) is 14.9. The Balaban J connectivity index is 0.00000208. The molecule has 3 aliphatic heterocycles. The number of hydrogen-bond acceptors (Lipinski definition) is 3. The minimum absolute atomic E-state index is 0. The van der Waals surface area contributed by atoms with Crippen molar-refractivity contribution in [2.75, 3.05) is 52.4 Å². The number of rotatable bonds is 4. The van der Waals surface area contributed by atoms with Crippen LogP contribution in [0.5, 0.6) is 0 Å². The zero-order chi connectivity index (χ0) is 16.1. The Labute approximate surface area is 162 Å². The minimum atomic E-state index is 0. The van der Waals surface area contributed by atoms with Gasteiger partial charge in [-0.05, 0) is 45.7 Å². The highest BCUT2D eigenvalue weighted by atomic mass is 127. The zero-order valence-corrected chi connectivity index (χ0v) is 17.2. The molecule has 0 saturated carbocycles. The number of piperidine rings is 1. The SMILES string of the molecule is CCNC(=NCCN1CCCC1)N1CCCC2(CNC(=O)C2)C1.I. The van der Waals surface area contributed by atoms with E-state index in [0.717, 1.165) is 58.1 Å². The van der Waals surface area contributed by atoms with Crippen LogP contribution in [0, 0.1) is 5.41 Å². The van der Waals surface area contributed by atoms with Crippen molar-refractivity contribution in [2.45, 2.75) is 39.0 Å². The van der Waals surface area contributed by atoms with Gasteiger partial charge in [0.2, 0.25) is 5.91 Å². The molecule has 3 aliphatic rings. The molecule has 3 rings (SSSR count). The van der Waals surface area contributed by atoms with E-state index in [1.165, 1.54) is 25.9 Å². The first-order chi connectivity index (χ1) is 11.2. The van der Waals surface area contributed by atoms with Gasteiger partial charge in [0.25, 0.3) is 0 Å². The van der Waals surface area contributed by atoms with Gasteiger partial charge in [-0.2, -0.15) is 0 Å². The van der Waals surface area contributed by atoms with Crippen molar-refractivity contribution < 1.29 is 4.79 Å². The van der Waals surface area contributed by atoms with E-state index < -0.39 is 0 Å². The van der Waals surface area contributed by atoms with Crippen LogP contribution in [0.25, 0.3) is 0 Å². The van der Waals surface area contributed by atoms with Crippen LogP contribution >= 0.6 is 24.0 Å². The van der Waals surface area contributed by atoms with Gasteiger partial charge < -0.3 is 20.4 Å². The number of carbonyl (C=O) groups is 1. The van der Waals surface area contributed by atoms with Gasteiger partial charge in [-0.25, -0.2) is 0 Å². The molecule has 1 unspecified atom stereocenters. The van der Waals surface area contributed by atoms with Gasteiger partial charge in [-0.15, -0.1) is 24.0 Å². The summed E-state index contributed by atoms with van der Waals surface area (Å²) in [6.45, 7) is 10.2. The Morgan fingerprint density at radius 1 is 1.29 bits per heavy atom. The lowest BCUT2D eigenvalue weighted by Crippen LogP contribution is -2.51. The molecular weight excluding hydrogens is 417 g/mol. The Morgan fingerprint density at radius 2 is 2.08 bits per heavy atom. The van der Waals surface area contributed by atoms with E-state index in [-0.39, 0.29) is 35.3 Å². The second-order valence-corrected chi connectivity index (χ2v) is 7.26. The molecule has 0 radical (unpaired) electrons. The van der Waals surface area contributed by atoms with Crippen LogP contribution in [-0.4, -0.2) is 74.0 Å². The Morgan fingerprint density at radius 3 is 2.75 bits per heavy atom. The van der Waals surface area contributed by atoms with E-state index in [0.29, 0.717) is 6.42 Å². The number of amides is 1. The average molecular weight is 449 g/mol. The molecule has 7 heteroatoms. The Kier molecular flexibility index (Phi) is 7.59. The smallest absolute Gasteiger partial charge is 0.220 e. The van der Waals surface area contributed by atoms with Crippen LogP contribution < -0.4 is 10.6 Å². The van der Waals surface area contributed by atoms with Crippen LogP contribution in [0.2, 0.25) is 0 Å². The maximum absolute atomic E-state index is 11.7. The van der Waals surface area contributed by atoms with Gasteiger partial charge in [0.1, 0.15) is 0 Å². The van der Waals surface area contributed by atoms with Crippen molar-refractivity contribution in [3.63, 3.8) is 0 Å². The number of aliphatic imine (C=N–C) groups is 1. The van der Waals surface area contributed by atoms with Crippen LogP contribution in [0.4, 0.5) is 0 Å². The summed E-state index contributed by atoms with van der Waals surface area (Å²) < 4.78 is 0. The lowest BCUT2D eigenvalue weighted by Gasteiger charge is -2.40. The molecular formula is C17H32IN5O. The molecule has 0 aromatic carbocycles. The maximum Gasteiger partial charge on any atom is 0.220 e. The summed E-state index contributed by atoms with van der Waals surface area (Å²) in [5.41, 5.74) is 0.125. The summed E-state index contributed by atoms with van der Waals surface area (Å²) in [5.74, 6) is 1.24.